The third-order valence-corrected chi connectivity index (χ3v) is 5.23. The average molecular weight is 329 g/mol. The number of ether oxygens (including phenoxy) is 2. The van der Waals surface area contributed by atoms with Crippen molar-refractivity contribution in [3.8, 4) is 23.0 Å². The van der Waals surface area contributed by atoms with Crippen molar-refractivity contribution in [1.82, 2.24) is 0 Å². The van der Waals surface area contributed by atoms with Gasteiger partial charge in [0.2, 0.25) is 16.6 Å². The minimum Gasteiger partial charge on any atom is -0.508 e. The topological polar surface area (TPSA) is 93.1 Å². The summed E-state index contributed by atoms with van der Waals surface area (Å²) >= 11 is 5.82. The molecule has 1 aliphatic rings. The van der Waals surface area contributed by atoms with E-state index in [1.165, 1.54) is 18.2 Å². The van der Waals surface area contributed by atoms with Gasteiger partial charge in [-0.3, -0.25) is 0 Å². The quantitative estimate of drug-likeness (QED) is 0.878. The first kappa shape index (κ1) is 13.8. The molecule has 1 heterocycles. The van der Waals surface area contributed by atoms with Crippen LogP contribution in [-0.4, -0.2) is 25.4 Å². The Morgan fingerprint density at radius 1 is 1.05 bits per heavy atom. The third kappa shape index (κ3) is 2.24. The zero-order chi connectivity index (χ0) is 15.2. The molecule has 0 saturated heterocycles. The van der Waals surface area contributed by atoms with Crippen LogP contribution in [0.15, 0.2) is 40.1 Å². The highest BCUT2D eigenvalue weighted by Gasteiger charge is 2.26. The molecule has 2 N–H and O–H groups in total. The van der Waals surface area contributed by atoms with Gasteiger partial charge in [0.25, 0.3) is 0 Å². The van der Waals surface area contributed by atoms with Crippen LogP contribution in [-0.2, 0) is 9.84 Å². The number of rotatable bonds is 2. The number of hydrogen-bond acceptors (Lipinski definition) is 6. The van der Waals surface area contributed by atoms with Crippen LogP contribution in [0.2, 0.25) is 5.02 Å². The van der Waals surface area contributed by atoms with Crippen molar-refractivity contribution in [2.45, 2.75) is 9.79 Å². The lowest BCUT2D eigenvalue weighted by atomic mass is 10.3. The highest BCUT2D eigenvalue weighted by Crippen LogP contribution is 2.40. The van der Waals surface area contributed by atoms with Crippen molar-refractivity contribution in [2.24, 2.45) is 0 Å². The van der Waals surface area contributed by atoms with Gasteiger partial charge in [-0.15, -0.1) is 0 Å². The van der Waals surface area contributed by atoms with Crippen LogP contribution in [0.5, 0.6) is 23.0 Å². The highest BCUT2D eigenvalue weighted by molar-refractivity contribution is 7.91. The molecule has 0 aliphatic carbocycles. The van der Waals surface area contributed by atoms with E-state index in [4.69, 9.17) is 21.1 Å². The zero-order valence-corrected chi connectivity index (χ0v) is 12.0. The summed E-state index contributed by atoms with van der Waals surface area (Å²) in [7, 11) is -4.02. The maximum absolute atomic E-state index is 12.6. The molecule has 0 radical (unpaired) electrons. The molecular weight excluding hydrogens is 320 g/mol. The number of hydrogen-bond donors (Lipinski definition) is 2. The fourth-order valence-electron chi connectivity index (χ4n) is 1.94. The SMILES string of the molecule is O=S(=O)(c1ccc2c(c1)OCO2)c1cc(O)cc(O)c1Cl. The summed E-state index contributed by atoms with van der Waals surface area (Å²) in [6, 6.07) is 6.03. The van der Waals surface area contributed by atoms with Gasteiger partial charge < -0.3 is 19.7 Å². The van der Waals surface area contributed by atoms with E-state index in [1.54, 1.807) is 0 Å². The Morgan fingerprint density at radius 2 is 1.76 bits per heavy atom. The molecule has 2 aromatic carbocycles. The van der Waals surface area contributed by atoms with Crippen LogP contribution in [0.25, 0.3) is 0 Å². The number of phenols is 2. The molecule has 110 valence electrons. The van der Waals surface area contributed by atoms with Gasteiger partial charge in [-0.2, -0.15) is 0 Å². The number of phenolic OH excluding ortho intramolecular Hbond substituents is 2. The monoisotopic (exact) mass is 328 g/mol. The summed E-state index contributed by atoms with van der Waals surface area (Å²) in [6.45, 7) is 0.0203. The Labute approximate surface area is 125 Å². The van der Waals surface area contributed by atoms with Gasteiger partial charge in [-0.25, -0.2) is 8.42 Å². The Kier molecular flexibility index (Phi) is 3.11. The Hall–Kier alpha value is -2.12. The lowest BCUT2D eigenvalue weighted by Crippen LogP contribution is -2.03. The molecule has 2 aromatic rings. The molecule has 0 fully saturated rings. The molecular formula is C13H9ClO6S. The summed E-state index contributed by atoms with van der Waals surface area (Å²) in [5.41, 5.74) is 0. The van der Waals surface area contributed by atoms with Gasteiger partial charge >= 0.3 is 0 Å². The molecule has 1 aliphatic heterocycles. The van der Waals surface area contributed by atoms with Crippen molar-refractivity contribution in [2.75, 3.05) is 6.79 Å². The molecule has 0 bridgehead atoms. The number of benzene rings is 2. The van der Waals surface area contributed by atoms with Gasteiger partial charge in [0.1, 0.15) is 16.5 Å². The predicted octanol–water partition coefficient (Wildman–Crippen LogP) is 2.31. The lowest BCUT2D eigenvalue weighted by molar-refractivity contribution is 0.174. The fourth-order valence-corrected chi connectivity index (χ4v) is 3.73. The van der Waals surface area contributed by atoms with E-state index >= 15 is 0 Å². The summed E-state index contributed by atoms with van der Waals surface area (Å²) in [5, 5.41) is 18.6. The standard InChI is InChI=1S/C13H9ClO6S/c14-13-9(16)3-7(15)4-12(13)21(17,18)8-1-2-10-11(5-8)20-6-19-10/h1-5,15-16H,6H2. The molecule has 21 heavy (non-hydrogen) atoms. The van der Waals surface area contributed by atoms with Crippen LogP contribution in [0.1, 0.15) is 0 Å². The minimum absolute atomic E-state index is 0.0203. The third-order valence-electron chi connectivity index (χ3n) is 2.95. The normalized spacial score (nSPS) is 13.4. The summed E-state index contributed by atoms with van der Waals surface area (Å²) in [6.07, 6.45) is 0. The lowest BCUT2D eigenvalue weighted by Gasteiger charge is -2.09. The van der Waals surface area contributed by atoms with Crippen molar-refractivity contribution < 1.29 is 28.1 Å². The van der Waals surface area contributed by atoms with E-state index in [9.17, 15) is 18.6 Å². The molecule has 0 spiro atoms. The Bertz CT molecular complexity index is 831. The molecule has 3 rings (SSSR count). The van der Waals surface area contributed by atoms with E-state index in [2.05, 4.69) is 0 Å². The predicted molar refractivity (Wildman–Crippen MR) is 72.8 cm³/mol. The summed E-state index contributed by atoms with van der Waals surface area (Å²) in [4.78, 5) is -0.473. The second-order valence-corrected chi connectivity index (χ2v) is 6.59. The maximum atomic E-state index is 12.6. The number of sulfone groups is 1. The van der Waals surface area contributed by atoms with Crippen molar-refractivity contribution in [1.29, 1.82) is 0 Å². The van der Waals surface area contributed by atoms with Crippen LogP contribution < -0.4 is 9.47 Å². The van der Waals surface area contributed by atoms with Gasteiger partial charge in [-0.05, 0) is 12.1 Å². The molecule has 0 atom stereocenters. The van der Waals surface area contributed by atoms with Crippen molar-refractivity contribution in [3.63, 3.8) is 0 Å². The number of aromatic hydroxyl groups is 2. The second kappa shape index (κ2) is 4.71. The molecule has 0 aromatic heterocycles. The van der Waals surface area contributed by atoms with Crippen LogP contribution in [0.4, 0.5) is 0 Å². The van der Waals surface area contributed by atoms with Crippen LogP contribution in [0.3, 0.4) is 0 Å². The van der Waals surface area contributed by atoms with Crippen molar-refractivity contribution in [3.05, 3.63) is 35.4 Å². The zero-order valence-electron chi connectivity index (χ0n) is 10.4. The van der Waals surface area contributed by atoms with Crippen molar-refractivity contribution >= 4 is 21.4 Å². The molecule has 6 nitrogen and oxygen atoms in total. The van der Waals surface area contributed by atoms with E-state index < -0.39 is 21.3 Å². The molecule has 0 unspecified atom stereocenters. The van der Waals surface area contributed by atoms with E-state index in [1.807, 2.05) is 0 Å². The van der Waals surface area contributed by atoms with Gasteiger partial charge in [0.05, 0.1) is 9.79 Å². The van der Waals surface area contributed by atoms with E-state index in [0.717, 1.165) is 12.1 Å². The largest absolute Gasteiger partial charge is 0.508 e. The highest BCUT2D eigenvalue weighted by atomic mass is 35.5. The molecule has 0 amide bonds. The van der Waals surface area contributed by atoms with E-state index in [0.29, 0.717) is 11.5 Å². The molecule has 0 saturated carbocycles. The maximum Gasteiger partial charge on any atom is 0.231 e. The first-order chi connectivity index (χ1) is 9.89. The van der Waals surface area contributed by atoms with Crippen LogP contribution >= 0.6 is 11.6 Å². The Morgan fingerprint density at radius 3 is 2.52 bits per heavy atom. The number of fused-ring (bicyclic) bond motifs is 1. The minimum atomic E-state index is -4.02. The summed E-state index contributed by atoms with van der Waals surface area (Å²) < 4.78 is 35.4. The first-order valence-electron chi connectivity index (χ1n) is 5.76. The Balaban J connectivity index is 2.17. The fraction of sp³-hybridized carbons (Fsp3) is 0.0769. The van der Waals surface area contributed by atoms with Gasteiger partial charge in [0.15, 0.2) is 11.5 Å². The van der Waals surface area contributed by atoms with E-state index in [-0.39, 0.29) is 21.6 Å². The van der Waals surface area contributed by atoms with Crippen LogP contribution in [0, 0.1) is 0 Å². The summed E-state index contributed by atoms with van der Waals surface area (Å²) in [5.74, 6) is -0.178. The molecule has 8 heteroatoms. The van der Waals surface area contributed by atoms with Gasteiger partial charge in [0, 0.05) is 18.2 Å². The second-order valence-electron chi connectivity index (χ2n) is 4.30. The van der Waals surface area contributed by atoms with Gasteiger partial charge in [-0.1, -0.05) is 11.6 Å². The smallest absolute Gasteiger partial charge is 0.231 e. The first-order valence-corrected chi connectivity index (χ1v) is 7.62. The number of halogens is 1. The average Bonchev–Trinajstić information content (AvgIpc) is 2.89.